The van der Waals surface area contributed by atoms with Gasteiger partial charge in [0, 0.05) is 31.6 Å². The Morgan fingerprint density at radius 1 is 1.23 bits per heavy atom. The van der Waals surface area contributed by atoms with Crippen molar-refractivity contribution < 1.29 is 14.5 Å². The molecule has 0 spiro atoms. The average Bonchev–Trinajstić information content (AvgIpc) is 2.78. The first-order chi connectivity index (χ1) is 15.0. The van der Waals surface area contributed by atoms with E-state index in [2.05, 4.69) is 34.7 Å². The van der Waals surface area contributed by atoms with Crippen LogP contribution in [0.5, 0.6) is 5.75 Å². The van der Waals surface area contributed by atoms with Gasteiger partial charge in [-0.05, 0) is 56.1 Å². The third kappa shape index (κ3) is 5.95. The molecule has 0 aromatic heterocycles. The number of para-hydroxylation sites is 2. The molecule has 1 amide bonds. The van der Waals surface area contributed by atoms with Gasteiger partial charge >= 0.3 is 0 Å². The van der Waals surface area contributed by atoms with Crippen molar-refractivity contribution in [3.63, 3.8) is 0 Å². The quantitative estimate of drug-likeness (QED) is 0.470. The standard InChI is InChI=1S/C23H30N4O4/c1-26-15-5-6-18(23(26)17-9-11-19(31-2)12-10-17)16-25-22(28)13-14-24-20-7-3-4-8-21(20)27(29)30/h3-4,7-12,18,23-24H,5-6,13-16H2,1-2H3,(H,25,28). The fraction of sp³-hybridized carbons (Fsp3) is 0.435. The second kappa shape index (κ2) is 10.8. The number of anilines is 1. The molecule has 1 heterocycles. The van der Waals surface area contributed by atoms with Crippen molar-refractivity contribution >= 4 is 17.3 Å². The number of nitrogens with zero attached hydrogens (tertiary/aromatic N) is 2. The number of carbonyl (C=O) groups excluding carboxylic acids is 1. The molecule has 8 nitrogen and oxygen atoms in total. The maximum Gasteiger partial charge on any atom is 0.292 e. The van der Waals surface area contributed by atoms with Crippen LogP contribution in [0.2, 0.25) is 0 Å². The molecule has 0 saturated carbocycles. The van der Waals surface area contributed by atoms with Gasteiger partial charge in [-0.25, -0.2) is 0 Å². The lowest BCUT2D eigenvalue weighted by Crippen LogP contribution is -2.42. The van der Waals surface area contributed by atoms with Gasteiger partial charge in [-0.15, -0.1) is 0 Å². The van der Waals surface area contributed by atoms with Gasteiger partial charge in [0.2, 0.25) is 5.91 Å². The van der Waals surface area contributed by atoms with Crippen LogP contribution in [0.4, 0.5) is 11.4 Å². The third-order valence-corrected chi connectivity index (χ3v) is 5.79. The highest BCUT2D eigenvalue weighted by molar-refractivity contribution is 5.76. The molecular formula is C23H30N4O4. The highest BCUT2D eigenvalue weighted by Crippen LogP contribution is 2.35. The molecule has 1 saturated heterocycles. The van der Waals surface area contributed by atoms with Crippen molar-refractivity contribution in [1.29, 1.82) is 0 Å². The fourth-order valence-electron chi connectivity index (χ4n) is 4.23. The van der Waals surface area contributed by atoms with Crippen LogP contribution in [0.3, 0.4) is 0 Å². The number of methoxy groups -OCH3 is 1. The molecule has 0 radical (unpaired) electrons. The number of nitro groups is 1. The van der Waals surface area contributed by atoms with Crippen LogP contribution >= 0.6 is 0 Å². The zero-order chi connectivity index (χ0) is 22.2. The Bertz CT molecular complexity index is 887. The van der Waals surface area contributed by atoms with Crippen LogP contribution in [0.25, 0.3) is 0 Å². The summed E-state index contributed by atoms with van der Waals surface area (Å²) in [5.74, 6) is 1.09. The summed E-state index contributed by atoms with van der Waals surface area (Å²) < 4.78 is 5.27. The van der Waals surface area contributed by atoms with E-state index in [0.717, 1.165) is 25.1 Å². The van der Waals surface area contributed by atoms with Crippen molar-refractivity contribution in [2.75, 3.05) is 39.1 Å². The number of rotatable bonds is 9. The number of ether oxygens (including phenoxy) is 1. The summed E-state index contributed by atoms with van der Waals surface area (Å²) in [5, 5.41) is 17.1. The van der Waals surface area contributed by atoms with E-state index < -0.39 is 4.92 Å². The van der Waals surface area contributed by atoms with E-state index in [0.29, 0.717) is 24.7 Å². The number of benzene rings is 2. The fourth-order valence-corrected chi connectivity index (χ4v) is 4.23. The van der Waals surface area contributed by atoms with Gasteiger partial charge in [-0.3, -0.25) is 19.8 Å². The van der Waals surface area contributed by atoms with Crippen LogP contribution in [0.1, 0.15) is 30.9 Å². The van der Waals surface area contributed by atoms with Crippen LogP contribution in [-0.4, -0.2) is 49.5 Å². The van der Waals surface area contributed by atoms with Crippen molar-refractivity contribution in [1.82, 2.24) is 10.2 Å². The maximum atomic E-state index is 12.4. The molecule has 1 aliphatic heterocycles. The summed E-state index contributed by atoms with van der Waals surface area (Å²) in [6.45, 7) is 1.97. The minimum Gasteiger partial charge on any atom is -0.497 e. The van der Waals surface area contributed by atoms with Crippen molar-refractivity contribution in [2.24, 2.45) is 5.92 Å². The van der Waals surface area contributed by atoms with E-state index >= 15 is 0 Å². The molecule has 8 heteroatoms. The van der Waals surface area contributed by atoms with E-state index in [-0.39, 0.29) is 24.1 Å². The number of nitro benzene ring substituents is 1. The lowest BCUT2D eigenvalue weighted by molar-refractivity contribution is -0.384. The molecule has 0 aliphatic carbocycles. The van der Waals surface area contributed by atoms with E-state index in [4.69, 9.17) is 4.74 Å². The summed E-state index contributed by atoms with van der Waals surface area (Å²) >= 11 is 0. The Kier molecular flexibility index (Phi) is 7.83. The second-order valence-electron chi connectivity index (χ2n) is 7.86. The van der Waals surface area contributed by atoms with E-state index in [1.54, 1.807) is 25.3 Å². The Morgan fingerprint density at radius 3 is 2.68 bits per heavy atom. The Morgan fingerprint density at radius 2 is 1.97 bits per heavy atom. The van der Waals surface area contributed by atoms with Crippen LogP contribution in [-0.2, 0) is 4.79 Å². The zero-order valence-electron chi connectivity index (χ0n) is 18.0. The molecule has 0 bridgehead atoms. The molecule has 2 aromatic carbocycles. The molecule has 1 aliphatic rings. The van der Waals surface area contributed by atoms with Crippen LogP contribution in [0, 0.1) is 16.0 Å². The first-order valence-electron chi connectivity index (χ1n) is 10.6. The molecule has 2 N–H and O–H groups in total. The Hall–Kier alpha value is -3.13. The summed E-state index contributed by atoms with van der Waals surface area (Å²) in [4.78, 5) is 25.4. The molecule has 2 aromatic rings. The van der Waals surface area contributed by atoms with Gasteiger partial charge in [0.25, 0.3) is 5.69 Å². The zero-order valence-corrected chi connectivity index (χ0v) is 18.0. The summed E-state index contributed by atoms with van der Waals surface area (Å²) in [6, 6.07) is 14.8. The molecular weight excluding hydrogens is 396 g/mol. The number of piperidine rings is 1. The highest BCUT2D eigenvalue weighted by atomic mass is 16.6. The number of hydrogen-bond donors (Lipinski definition) is 2. The van der Waals surface area contributed by atoms with Crippen molar-refractivity contribution in [2.45, 2.75) is 25.3 Å². The minimum absolute atomic E-state index is 0.00971. The third-order valence-electron chi connectivity index (χ3n) is 5.79. The molecule has 166 valence electrons. The number of hydrogen-bond acceptors (Lipinski definition) is 6. The Balaban J connectivity index is 1.52. The van der Waals surface area contributed by atoms with Crippen LogP contribution < -0.4 is 15.4 Å². The van der Waals surface area contributed by atoms with Crippen LogP contribution in [0.15, 0.2) is 48.5 Å². The monoisotopic (exact) mass is 426 g/mol. The topological polar surface area (TPSA) is 96.7 Å². The predicted octanol–water partition coefficient (Wildman–Crippen LogP) is 3.60. The molecule has 2 atom stereocenters. The number of carbonyl (C=O) groups is 1. The lowest BCUT2D eigenvalue weighted by atomic mass is 9.85. The first kappa shape index (κ1) is 22.6. The lowest BCUT2D eigenvalue weighted by Gasteiger charge is -2.39. The van der Waals surface area contributed by atoms with Gasteiger partial charge in [-0.2, -0.15) is 0 Å². The predicted molar refractivity (Wildman–Crippen MR) is 120 cm³/mol. The summed E-state index contributed by atoms with van der Waals surface area (Å²) in [7, 11) is 3.78. The SMILES string of the molecule is COc1ccc(C2C(CNC(=O)CCNc3ccccc3[N+](=O)[O-])CCCN2C)cc1. The van der Waals surface area contributed by atoms with E-state index in [1.165, 1.54) is 11.6 Å². The number of likely N-dealkylation sites (tertiary alicyclic amines) is 1. The second-order valence-corrected chi connectivity index (χ2v) is 7.86. The minimum atomic E-state index is -0.429. The van der Waals surface area contributed by atoms with Gasteiger partial charge in [0.15, 0.2) is 0 Å². The largest absolute Gasteiger partial charge is 0.497 e. The van der Waals surface area contributed by atoms with Gasteiger partial charge in [-0.1, -0.05) is 24.3 Å². The number of nitrogens with one attached hydrogen (secondary N) is 2. The molecule has 1 fully saturated rings. The van der Waals surface area contributed by atoms with Gasteiger partial charge in [0.1, 0.15) is 11.4 Å². The molecule has 3 rings (SSSR count). The van der Waals surface area contributed by atoms with Gasteiger partial charge < -0.3 is 15.4 Å². The average molecular weight is 427 g/mol. The van der Waals surface area contributed by atoms with Gasteiger partial charge in [0.05, 0.1) is 12.0 Å². The van der Waals surface area contributed by atoms with Crippen molar-refractivity contribution in [3.8, 4) is 5.75 Å². The van der Waals surface area contributed by atoms with E-state index in [1.807, 2.05) is 12.1 Å². The normalized spacial score (nSPS) is 18.9. The Labute approximate surface area is 182 Å². The smallest absolute Gasteiger partial charge is 0.292 e. The summed E-state index contributed by atoms with van der Waals surface area (Å²) in [5.41, 5.74) is 1.66. The number of amides is 1. The maximum absolute atomic E-state index is 12.4. The highest BCUT2D eigenvalue weighted by Gasteiger charge is 2.30. The first-order valence-corrected chi connectivity index (χ1v) is 10.6. The molecule has 2 unspecified atom stereocenters. The molecule has 31 heavy (non-hydrogen) atoms. The van der Waals surface area contributed by atoms with E-state index in [9.17, 15) is 14.9 Å². The van der Waals surface area contributed by atoms with Crippen molar-refractivity contribution in [3.05, 3.63) is 64.2 Å². The summed E-state index contributed by atoms with van der Waals surface area (Å²) in [6.07, 6.45) is 2.40.